The van der Waals surface area contributed by atoms with Crippen LogP contribution in [0.3, 0.4) is 0 Å². The highest BCUT2D eigenvalue weighted by molar-refractivity contribution is 7.73. The standard InChI is InChI=1S/C3H3NS2.C2H6/c5-3-4-1-2-6-3;1-2/h1-2H,(H,4,5);1-2H3. The minimum Gasteiger partial charge on any atom is -0.344 e. The average molecular weight is 147 g/mol. The third-order valence-corrected chi connectivity index (χ3v) is 1.45. The van der Waals surface area contributed by atoms with Gasteiger partial charge in [0.25, 0.3) is 0 Å². The van der Waals surface area contributed by atoms with Gasteiger partial charge >= 0.3 is 0 Å². The van der Waals surface area contributed by atoms with E-state index in [1.807, 2.05) is 25.4 Å². The van der Waals surface area contributed by atoms with Crippen LogP contribution in [0.1, 0.15) is 13.8 Å². The molecule has 0 saturated heterocycles. The predicted molar refractivity (Wildman–Crippen MR) is 40.9 cm³/mol. The van der Waals surface area contributed by atoms with Crippen molar-refractivity contribution in [2.45, 2.75) is 13.8 Å². The lowest BCUT2D eigenvalue weighted by Crippen LogP contribution is -1.45. The molecule has 1 N–H and O–H groups in total. The molecule has 0 aliphatic heterocycles. The second-order valence-corrected chi connectivity index (χ2v) is 2.44. The van der Waals surface area contributed by atoms with Crippen molar-refractivity contribution in [2.24, 2.45) is 0 Å². The molecule has 1 aromatic rings. The largest absolute Gasteiger partial charge is 0.344 e. The van der Waals surface area contributed by atoms with Gasteiger partial charge in [0.05, 0.1) is 0 Å². The highest BCUT2D eigenvalue weighted by Crippen LogP contribution is 1.92. The van der Waals surface area contributed by atoms with Gasteiger partial charge in [0.15, 0.2) is 3.95 Å². The van der Waals surface area contributed by atoms with Gasteiger partial charge in [0.1, 0.15) is 0 Å². The zero-order valence-electron chi connectivity index (χ0n) is 4.97. The number of thiazole rings is 1. The molecule has 0 fully saturated rings. The van der Waals surface area contributed by atoms with Crippen LogP contribution in [-0.4, -0.2) is 4.98 Å². The summed E-state index contributed by atoms with van der Waals surface area (Å²) in [5.74, 6) is 0. The van der Waals surface area contributed by atoms with Gasteiger partial charge in [-0.05, 0) is 12.2 Å². The fourth-order valence-corrected chi connectivity index (χ4v) is 0.862. The molecule has 3 heteroatoms. The van der Waals surface area contributed by atoms with Gasteiger partial charge in [-0.2, -0.15) is 0 Å². The first-order chi connectivity index (χ1) is 3.89. The normalized spacial score (nSPS) is 7.25. The molecule has 1 nitrogen and oxygen atoms in total. The lowest BCUT2D eigenvalue weighted by atomic mass is 11.0. The number of aromatic amines is 1. The summed E-state index contributed by atoms with van der Waals surface area (Å²) >= 11 is 6.25. The second-order valence-electron chi connectivity index (χ2n) is 0.852. The lowest BCUT2D eigenvalue weighted by Gasteiger charge is -1.53. The molecule has 0 spiro atoms. The topological polar surface area (TPSA) is 15.8 Å². The molecule has 1 heterocycles. The molecular weight excluding hydrogens is 138 g/mol. The predicted octanol–water partition coefficient (Wildman–Crippen LogP) is 2.83. The third kappa shape index (κ3) is 2.93. The molecule has 0 amide bonds. The van der Waals surface area contributed by atoms with E-state index in [4.69, 9.17) is 12.2 Å². The molecule has 0 saturated carbocycles. The van der Waals surface area contributed by atoms with Crippen LogP contribution in [0, 0.1) is 3.95 Å². The maximum Gasteiger partial charge on any atom is 0.158 e. The molecule has 8 heavy (non-hydrogen) atoms. The number of hydrogen-bond acceptors (Lipinski definition) is 2. The molecule has 0 aliphatic carbocycles. The summed E-state index contributed by atoms with van der Waals surface area (Å²) < 4.78 is 0.843. The Balaban J connectivity index is 0.000000222. The monoisotopic (exact) mass is 147 g/mol. The van der Waals surface area contributed by atoms with Crippen LogP contribution in [0.4, 0.5) is 0 Å². The van der Waals surface area contributed by atoms with E-state index < -0.39 is 0 Å². The van der Waals surface area contributed by atoms with Gasteiger partial charge in [-0.1, -0.05) is 13.8 Å². The minimum atomic E-state index is 0.843. The van der Waals surface area contributed by atoms with Gasteiger partial charge in [0.2, 0.25) is 0 Å². The molecule has 1 aromatic heterocycles. The number of H-pyrrole nitrogens is 1. The number of rotatable bonds is 0. The molecule has 0 aliphatic rings. The Morgan fingerprint density at radius 3 is 2.38 bits per heavy atom. The molecule has 0 atom stereocenters. The summed E-state index contributed by atoms with van der Waals surface area (Å²) in [6, 6.07) is 0. The SMILES string of the molecule is CC.S=c1[nH]ccs1. The van der Waals surface area contributed by atoms with Crippen LogP contribution in [0.5, 0.6) is 0 Å². The van der Waals surface area contributed by atoms with Crippen LogP contribution in [0.25, 0.3) is 0 Å². The van der Waals surface area contributed by atoms with E-state index in [0.717, 1.165) is 3.95 Å². The zero-order valence-corrected chi connectivity index (χ0v) is 6.60. The molecule has 0 unspecified atom stereocenters. The summed E-state index contributed by atoms with van der Waals surface area (Å²) in [5, 5.41) is 1.92. The fourth-order valence-electron chi connectivity index (χ4n) is 0.232. The van der Waals surface area contributed by atoms with E-state index in [2.05, 4.69) is 4.98 Å². The van der Waals surface area contributed by atoms with Crippen LogP contribution < -0.4 is 0 Å². The molecule has 0 radical (unpaired) electrons. The number of aromatic nitrogens is 1. The summed E-state index contributed by atoms with van der Waals surface area (Å²) in [6.45, 7) is 4.00. The van der Waals surface area contributed by atoms with E-state index >= 15 is 0 Å². The van der Waals surface area contributed by atoms with Crippen LogP contribution in [-0.2, 0) is 0 Å². The second kappa shape index (κ2) is 5.00. The molecule has 1 rings (SSSR count). The van der Waals surface area contributed by atoms with Crippen molar-refractivity contribution in [1.82, 2.24) is 4.98 Å². The lowest BCUT2D eigenvalue weighted by molar-refractivity contribution is 1.40. The van der Waals surface area contributed by atoms with Crippen molar-refractivity contribution in [3.05, 3.63) is 15.5 Å². The van der Waals surface area contributed by atoms with Crippen molar-refractivity contribution < 1.29 is 0 Å². The first kappa shape index (κ1) is 7.85. The quantitative estimate of drug-likeness (QED) is 0.558. The first-order valence-corrected chi connectivity index (χ1v) is 3.80. The number of nitrogens with one attached hydrogen (secondary N) is 1. The number of hydrogen-bond donors (Lipinski definition) is 1. The van der Waals surface area contributed by atoms with Crippen molar-refractivity contribution >= 4 is 23.6 Å². The van der Waals surface area contributed by atoms with Crippen LogP contribution in [0.2, 0.25) is 0 Å². The Bertz CT molecular complexity index is 148. The molecule has 0 bridgehead atoms. The van der Waals surface area contributed by atoms with E-state index in [0.29, 0.717) is 0 Å². The summed E-state index contributed by atoms with van der Waals surface area (Å²) in [4.78, 5) is 2.83. The van der Waals surface area contributed by atoms with Gasteiger partial charge < -0.3 is 4.98 Å². The van der Waals surface area contributed by atoms with Crippen LogP contribution >= 0.6 is 23.6 Å². The minimum absolute atomic E-state index is 0.843. The Morgan fingerprint density at radius 2 is 2.25 bits per heavy atom. The Kier molecular flexibility index (Phi) is 4.90. The third-order valence-electron chi connectivity index (χ3n) is 0.444. The summed E-state index contributed by atoms with van der Waals surface area (Å²) in [7, 11) is 0. The first-order valence-electron chi connectivity index (χ1n) is 2.52. The highest BCUT2D eigenvalue weighted by atomic mass is 32.1. The Morgan fingerprint density at radius 1 is 1.62 bits per heavy atom. The zero-order chi connectivity index (χ0) is 6.41. The maximum atomic E-state index is 4.71. The van der Waals surface area contributed by atoms with E-state index in [-0.39, 0.29) is 0 Å². The van der Waals surface area contributed by atoms with E-state index in [1.54, 1.807) is 0 Å². The highest BCUT2D eigenvalue weighted by Gasteiger charge is 1.67. The van der Waals surface area contributed by atoms with Gasteiger partial charge in [-0.3, -0.25) is 0 Å². The van der Waals surface area contributed by atoms with Crippen molar-refractivity contribution in [1.29, 1.82) is 0 Å². The van der Waals surface area contributed by atoms with Gasteiger partial charge in [-0.15, -0.1) is 11.3 Å². The van der Waals surface area contributed by atoms with E-state index in [9.17, 15) is 0 Å². The smallest absolute Gasteiger partial charge is 0.158 e. The van der Waals surface area contributed by atoms with Gasteiger partial charge in [0, 0.05) is 11.6 Å². The summed E-state index contributed by atoms with van der Waals surface area (Å²) in [5.41, 5.74) is 0. The molecule has 0 aromatic carbocycles. The maximum absolute atomic E-state index is 4.71. The van der Waals surface area contributed by atoms with Crippen molar-refractivity contribution in [2.75, 3.05) is 0 Å². The van der Waals surface area contributed by atoms with E-state index in [1.165, 1.54) is 11.3 Å². The molecule has 46 valence electrons. The van der Waals surface area contributed by atoms with Crippen molar-refractivity contribution in [3.63, 3.8) is 0 Å². The Labute approximate surface area is 58.4 Å². The molecular formula is C5H9NS2. The average Bonchev–Trinajstić information content (AvgIpc) is 2.24. The van der Waals surface area contributed by atoms with Crippen LogP contribution in [0.15, 0.2) is 11.6 Å². The summed E-state index contributed by atoms with van der Waals surface area (Å²) in [6.07, 6.45) is 1.83. The van der Waals surface area contributed by atoms with Gasteiger partial charge in [-0.25, -0.2) is 0 Å². The Hall–Kier alpha value is -0.150. The van der Waals surface area contributed by atoms with Crippen molar-refractivity contribution in [3.8, 4) is 0 Å². The fraction of sp³-hybridized carbons (Fsp3) is 0.400.